The van der Waals surface area contributed by atoms with Crippen LogP contribution >= 0.6 is 0 Å². The largest absolute Gasteiger partial charge is 0.318 e. The van der Waals surface area contributed by atoms with Crippen molar-refractivity contribution in [1.82, 2.24) is 9.55 Å². The van der Waals surface area contributed by atoms with Crippen LogP contribution in [-0.4, -0.2) is 16.6 Å². The second-order valence-corrected chi connectivity index (χ2v) is 1.93. The number of aryl methyl sites for hydroxylation is 1. The van der Waals surface area contributed by atoms with E-state index in [1.54, 1.807) is 13.2 Å². The van der Waals surface area contributed by atoms with E-state index in [4.69, 9.17) is 0 Å². The molecule has 0 saturated heterocycles. The highest BCUT2D eigenvalue weighted by molar-refractivity contribution is 4.79. The highest BCUT2D eigenvalue weighted by Gasteiger charge is 1.84. The molecule has 0 aliphatic carbocycles. The number of rotatable bonds is 1. The van der Waals surface area contributed by atoms with Crippen LogP contribution in [0.2, 0.25) is 0 Å². The maximum atomic E-state index is 4.06. The van der Waals surface area contributed by atoms with Gasteiger partial charge in [-0.1, -0.05) is 13.8 Å². The SMILES string of the molecule is CC.CCn1cccnc1=NC. The Balaban J connectivity index is 0.000000561. The van der Waals surface area contributed by atoms with Crippen molar-refractivity contribution in [3.63, 3.8) is 0 Å². The molecule has 1 aromatic heterocycles. The zero-order valence-electron chi connectivity index (χ0n) is 8.28. The van der Waals surface area contributed by atoms with Gasteiger partial charge in [-0.3, -0.25) is 4.99 Å². The maximum absolute atomic E-state index is 4.06. The van der Waals surface area contributed by atoms with Crippen LogP contribution in [0.25, 0.3) is 0 Å². The molecular weight excluding hydrogens is 150 g/mol. The molecule has 0 radical (unpaired) electrons. The Labute approximate surface area is 73.8 Å². The van der Waals surface area contributed by atoms with Crippen molar-refractivity contribution >= 4 is 0 Å². The molecule has 12 heavy (non-hydrogen) atoms. The van der Waals surface area contributed by atoms with Crippen LogP contribution in [0.15, 0.2) is 23.5 Å². The zero-order chi connectivity index (χ0) is 9.40. The Hall–Kier alpha value is -1.12. The van der Waals surface area contributed by atoms with Gasteiger partial charge in [-0.05, 0) is 13.0 Å². The minimum Gasteiger partial charge on any atom is -0.318 e. The molecular formula is C9H17N3. The first-order valence-corrected chi connectivity index (χ1v) is 4.32. The first-order chi connectivity index (χ1) is 5.88. The van der Waals surface area contributed by atoms with Crippen molar-refractivity contribution in [2.45, 2.75) is 27.3 Å². The molecule has 1 rings (SSSR count). The van der Waals surface area contributed by atoms with E-state index < -0.39 is 0 Å². The molecule has 3 heteroatoms. The topological polar surface area (TPSA) is 30.2 Å². The highest BCUT2D eigenvalue weighted by atomic mass is 15.1. The van der Waals surface area contributed by atoms with Crippen LogP contribution in [0.3, 0.4) is 0 Å². The lowest BCUT2D eigenvalue weighted by molar-refractivity contribution is 0.678. The van der Waals surface area contributed by atoms with Crippen LogP contribution in [-0.2, 0) is 6.54 Å². The van der Waals surface area contributed by atoms with Crippen molar-refractivity contribution in [3.8, 4) is 0 Å². The number of hydrogen-bond acceptors (Lipinski definition) is 2. The average Bonchev–Trinajstić information content (AvgIpc) is 2.20. The predicted octanol–water partition coefficient (Wildman–Crippen LogP) is 1.46. The fourth-order valence-electron chi connectivity index (χ4n) is 0.826. The molecule has 0 amide bonds. The van der Waals surface area contributed by atoms with Gasteiger partial charge in [0.25, 0.3) is 0 Å². The Bertz CT molecular complexity index is 262. The summed E-state index contributed by atoms with van der Waals surface area (Å²) >= 11 is 0. The van der Waals surface area contributed by atoms with E-state index in [9.17, 15) is 0 Å². The van der Waals surface area contributed by atoms with Crippen molar-refractivity contribution in [2.24, 2.45) is 4.99 Å². The van der Waals surface area contributed by atoms with E-state index >= 15 is 0 Å². The van der Waals surface area contributed by atoms with E-state index in [2.05, 4.69) is 16.9 Å². The molecule has 68 valence electrons. The quantitative estimate of drug-likeness (QED) is 0.622. The summed E-state index contributed by atoms with van der Waals surface area (Å²) in [6.45, 7) is 6.98. The van der Waals surface area contributed by atoms with Crippen LogP contribution in [0.4, 0.5) is 0 Å². The number of hydrogen-bond donors (Lipinski definition) is 0. The predicted molar refractivity (Wildman–Crippen MR) is 50.7 cm³/mol. The molecule has 0 unspecified atom stereocenters. The minimum absolute atomic E-state index is 0.782. The Kier molecular flexibility index (Phi) is 5.97. The molecule has 0 aromatic carbocycles. The first-order valence-electron chi connectivity index (χ1n) is 4.32. The van der Waals surface area contributed by atoms with E-state index in [0.717, 1.165) is 12.2 Å². The Morgan fingerprint density at radius 1 is 1.50 bits per heavy atom. The highest BCUT2D eigenvalue weighted by Crippen LogP contribution is 1.76. The van der Waals surface area contributed by atoms with Gasteiger partial charge >= 0.3 is 0 Å². The standard InChI is InChI=1S/C7H11N3.C2H6/c1-3-10-6-4-5-9-7(10)8-2;1-2/h4-6H,3H2,1-2H3;1-2H3. The molecule has 0 spiro atoms. The Morgan fingerprint density at radius 3 is 2.58 bits per heavy atom. The van der Waals surface area contributed by atoms with Crippen molar-refractivity contribution in [3.05, 3.63) is 24.1 Å². The summed E-state index contributed by atoms with van der Waals surface area (Å²) in [5, 5.41) is 0. The smallest absolute Gasteiger partial charge is 0.224 e. The molecule has 0 aliphatic heterocycles. The molecule has 1 aromatic rings. The normalized spacial score (nSPS) is 10.5. The monoisotopic (exact) mass is 167 g/mol. The lowest BCUT2D eigenvalue weighted by Gasteiger charge is -1.99. The van der Waals surface area contributed by atoms with Crippen LogP contribution in [0.1, 0.15) is 20.8 Å². The van der Waals surface area contributed by atoms with Gasteiger partial charge in [0, 0.05) is 26.0 Å². The van der Waals surface area contributed by atoms with Gasteiger partial charge in [-0.15, -0.1) is 0 Å². The third-order valence-corrected chi connectivity index (χ3v) is 1.34. The van der Waals surface area contributed by atoms with Gasteiger partial charge in [-0.2, -0.15) is 0 Å². The van der Waals surface area contributed by atoms with E-state index in [0.29, 0.717) is 0 Å². The molecule has 0 atom stereocenters. The first kappa shape index (κ1) is 10.9. The average molecular weight is 167 g/mol. The molecule has 0 N–H and O–H groups in total. The van der Waals surface area contributed by atoms with Crippen LogP contribution in [0.5, 0.6) is 0 Å². The summed E-state index contributed by atoms with van der Waals surface area (Å²) in [6, 6.07) is 1.90. The summed E-state index contributed by atoms with van der Waals surface area (Å²) in [5.41, 5.74) is 0.782. The molecule has 1 heterocycles. The fraction of sp³-hybridized carbons (Fsp3) is 0.556. The van der Waals surface area contributed by atoms with E-state index in [1.807, 2.05) is 30.7 Å². The second kappa shape index (κ2) is 6.58. The van der Waals surface area contributed by atoms with Gasteiger partial charge in [0.15, 0.2) is 0 Å². The fourth-order valence-corrected chi connectivity index (χ4v) is 0.826. The van der Waals surface area contributed by atoms with E-state index in [-0.39, 0.29) is 0 Å². The van der Waals surface area contributed by atoms with Gasteiger partial charge in [0.1, 0.15) is 0 Å². The summed E-state index contributed by atoms with van der Waals surface area (Å²) in [4.78, 5) is 8.06. The lowest BCUT2D eigenvalue weighted by atomic mass is 10.6. The molecule has 3 nitrogen and oxygen atoms in total. The lowest BCUT2D eigenvalue weighted by Crippen LogP contribution is -2.21. The van der Waals surface area contributed by atoms with Gasteiger partial charge in [0.2, 0.25) is 5.62 Å². The van der Waals surface area contributed by atoms with Crippen LogP contribution < -0.4 is 5.62 Å². The summed E-state index contributed by atoms with van der Waals surface area (Å²) in [7, 11) is 1.74. The third-order valence-electron chi connectivity index (χ3n) is 1.34. The van der Waals surface area contributed by atoms with Gasteiger partial charge in [0.05, 0.1) is 0 Å². The molecule has 0 bridgehead atoms. The Morgan fingerprint density at radius 2 is 2.17 bits per heavy atom. The molecule has 0 fully saturated rings. The summed E-state index contributed by atoms with van der Waals surface area (Å²) in [6.07, 6.45) is 3.71. The second-order valence-electron chi connectivity index (χ2n) is 1.93. The van der Waals surface area contributed by atoms with Crippen molar-refractivity contribution < 1.29 is 0 Å². The summed E-state index contributed by atoms with van der Waals surface area (Å²) in [5.74, 6) is 0. The van der Waals surface area contributed by atoms with Crippen LogP contribution in [0, 0.1) is 0 Å². The third kappa shape index (κ3) is 2.86. The van der Waals surface area contributed by atoms with E-state index in [1.165, 1.54) is 0 Å². The summed E-state index contributed by atoms with van der Waals surface area (Å²) < 4.78 is 1.99. The molecule has 0 aliphatic rings. The van der Waals surface area contributed by atoms with Crippen molar-refractivity contribution in [1.29, 1.82) is 0 Å². The number of nitrogens with zero attached hydrogens (tertiary/aromatic N) is 3. The van der Waals surface area contributed by atoms with Crippen molar-refractivity contribution in [2.75, 3.05) is 7.05 Å². The number of aromatic nitrogens is 2. The van der Waals surface area contributed by atoms with Gasteiger partial charge < -0.3 is 4.57 Å². The molecule has 0 saturated carbocycles. The van der Waals surface area contributed by atoms with Gasteiger partial charge in [-0.25, -0.2) is 4.98 Å². The zero-order valence-corrected chi connectivity index (χ0v) is 8.28. The minimum atomic E-state index is 0.782. The maximum Gasteiger partial charge on any atom is 0.224 e.